The molecule has 0 radical (unpaired) electrons. The Labute approximate surface area is 125 Å². The smallest absolute Gasteiger partial charge is 0.251 e. The predicted octanol–water partition coefficient (Wildman–Crippen LogP) is 2.71. The van der Waals surface area contributed by atoms with Crippen LogP contribution in [0.2, 0.25) is 5.15 Å². The van der Waals surface area contributed by atoms with Gasteiger partial charge < -0.3 is 15.4 Å². The molecule has 1 heterocycles. The Kier molecular flexibility index (Phi) is 6.23. The van der Waals surface area contributed by atoms with Gasteiger partial charge >= 0.3 is 0 Å². The normalized spacial score (nSPS) is 11.2. The van der Waals surface area contributed by atoms with Gasteiger partial charge in [-0.25, -0.2) is 4.98 Å². The number of aromatic nitrogens is 1. The summed E-state index contributed by atoms with van der Waals surface area (Å²) < 4.78 is 5.26. The first kappa shape index (κ1) is 16.7. The van der Waals surface area contributed by atoms with Crippen molar-refractivity contribution in [2.75, 3.05) is 25.5 Å². The molecule has 0 spiro atoms. The average Bonchev–Trinajstić information content (AvgIpc) is 2.42. The standard InChI is InChI=1S/C14H22ClN3O2/c1-5-6-16-12-8-10(7-11(15)18-12)13(19)17-9-14(2,3)20-4/h7-8H,5-6,9H2,1-4H3,(H,16,18)(H,17,19). The van der Waals surface area contributed by atoms with Crippen molar-refractivity contribution < 1.29 is 9.53 Å². The zero-order chi connectivity index (χ0) is 15.2. The van der Waals surface area contributed by atoms with Gasteiger partial charge in [0.1, 0.15) is 11.0 Å². The highest BCUT2D eigenvalue weighted by Crippen LogP contribution is 2.15. The van der Waals surface area contributed by atoms with Crippen molar-refractivity contribution in [3.8, 4) is 0 Å². The topological polar surface area (TPSA) is 63.2 Å². The van der Waals surface area contributed by atoms with Gasteiger partial charge in [0.15, 0.2) is 0 Å². The van der Waals surface area contributed by atoms with Gasteiger partial charge in [-0.05, 0) is 32.4 Å². The van der Waals surface area contributed by atoms with Crippen LogP contribution < -0.4 is 10.6 Å². The Balaban J connectivity index is 2.74. The van der Waals surface area contributed by atoms with E-state index in [1.54, 1.807) is 19.2 Å². The maximum Gasteiger partial charge on any atom is 0.251 e. The Morgan fingerprint density at radius 1 is 1.45 bits per heavy atom. The second-order valence-corrected chi connectivity index (χ2v) is 5.52. The van der Waals surface area contributed by atoms with Crippen molar-refractivity contribution in [3.05, 3.63) is 22.8 Å². The monoisotopic (exact) mass is 299 g/mol. The lowest BCUT2D eigenvalue weighted by Crippen LogP contribution is -2.39. The predicted molar refractivity (Wildman–Crippen MR) is 81.4 cm³/mol. The van der Waals surface area contributed by atoms with E-state index in [9.17, 15) is 4.79 Å². The molecule has 0 bridgehead atoms. The fraction of sp³-hybridized carbons (Fsp3) is 0.571. The lowest BCUT2D eigenvalue weighted by molar-refractivity contribution is 0.0229. The summed E-state index contributed by atoms with van der Waals surface area (Å²) in [6.45, 7) is 7.06. The SMILES string of the molecule is CCCNc1cc(C(=O)NCC(C)(C)OC)cc(Cl)n1. The number of nitrogens with zero attached hydrogens (tertiary/aromatic N) is 1. The van der Waals surface area contributed by atoms with E-state index >= 15 is 0 Å². The molecule has 0 aromatic carbocycles. The fourth-order valence-electron chi connectivity index (χ4n) is 1.44. The average molecular weight is 300 g/mol. The van der Waals surface area contributed by atoms with E-state index in [1.807, 2.05) is 13.8 Å². The summed E-state index contributed by atoms with van der Waals surface area (Å²) in [5.41, 5.74) is 0.0750. The van der Waals surface area contributed by atoms with Gasteiger partial charge in [-0.15, -0.1) is 0 Å². The molecule has 1 rings (SSSR count). The highest BCUT2D eigenvalue weighted by Gasteiger charge is 2.18. The first-order valence-electron chi connectivity index (χ1n) is 6.63. The summed E-state index contributed by atoms with van der Waals surface area (Å²) in [7, 11) is 1.61. The molecule has 0 saturated carbocycles. The molecule has 0 saturated heterocycles. The van der Waals surface area contributed by atoms with Crippen LogP contribution in [0.3, 0.4) is 0 Å². The molecule has 0 aliphatic carbocycles. The third-order valence-electron chi connectivity index (χ3n) is 2.84. The molecule has 0 unspecified atom stereocenters. The number of pyridine rings is 1. The first-order valence-corrected chi connectivity index (χ1v) is 7.00. The van der Waals surface area contributed by atoms with E-state index in [1.165, 1.54) is 0 Å². The highest BCUT2D eigenvalue weighted by molar-refractivity contribution is 6.29. The number of halogens is 1. The Bertz CT molecular complexity index is 464. The largest absolute Gasteiger partial charge is 0.377 e. The molecule has 2 N–H and O–H groups in total. The number of methoxy groups -OCH3 is 1. The summed E-state index contributed by atoms with van der Waals surface area (Å²) in [4.78, 5) is 16.2. The lowest BCUT2D eigenvalue weighted by atomic mass is 10.1. The minimum absolute atomic E-state index is 0.195. The van der Waals surface area contributed by atoms with Crippen LogP contribution in [0.4, 0.5) is 5.82 Å². The molecule has 0 atom stereocenters. The Morgan fingerprint density at radius 3 is 2.75 bits per heavy atom. The van der Waals surface area contributed by atoms with E-state index in [0.29, 0.717) is 23.1 Å². The molecular formula is C14H22ClN3O2. The summed E-state index contributed by atoms with van der Waals surface area (Å²) in [5, 5.41) is 6.23. The number of hydrogen-bond donors (Lipinski definition) is 2. The second-order valence-electron chi connectivity index (χ2n) is 5.14. The molecular weight excluding hydrogens is 278 g/mol. The summed E-state index contributed by atoms with van der Waals surface area (Å²) in [6, 6.07) is 3.24. The molecule has 1 aromatic rings. The number of rotatable bonds is 7. The minimum Gasteiger partial charge on any atom is -0.377 e. The van der Waals surface area contributed by atoms with Crippen LogP contribution in [-0.4, -0.2) is 36.7 Å². The van der Waals surface area contributed by atoms with E-state index < -0.39 is 5.60 Å². The zero-order valence-electron chi connectivity index (χ0n) is 12.4. The van der Waals surface area contributed by atoms with Gasteiger partial charge in [-0.1, -0.05) is 18.5 Å². The fourth-order valence-corrected chi connectivity index (χ4v) is 1.65. The van der Waals surface area contributed by atoms with Crippen LogP contribution >= 0.6 is 11.6 Å². The van der Waals surface area contributed by atoms with E-state index in [0.717, 1.165) is 13.0 Å². The molecule has 1 aromatic heterocycles. The Hall–Kier alpha value is -1.33. The molecule has 0 aliphatic heterocycles. The van der Waals surface area contributed by atoms with Crippen molar-refractivity contribution in [2.45, 2.75) is 32.8 Å². The summed E-state index contributed by atoms with van der Waals surface area (Å²) in [5.74, 6) is 0.412. The maximum atomic E-state index is 12.1. The van der Waals surface area contributed by atoms with Crippen LogP contribution in [0.25, 0.3) is 0 Å². The van der Waals surface area contributed by atoms with E-state index in [2.05, 4.69) is 22.5 Å². The third kappa shape index (κ3) is 5.35. The highest BCUT2D eigenvalue weighted by atomic mass is 35.5. The number of ether oxygens (including phenoxy) is 1. The van der Waals surface area contributed by atoms with Gasteiger partial charge in [0.2, 0.25) is 0 Å². The number of carbonyl (C=O) groups excluding carboxylic acids is 1. The molecule has 112 valence electrons. The second kappa shape index (κ2) is 7.45. The summed E-state index contributed by atoms with van der Waals surface area (Å²) >= 11 is 5.93. The van der Waals surface area contributed by atoms with Crippen LogP contribution in [0, 0.1) is 0 Å². The van der Waals surface area contributed by atoms with Crippen LogP contribution in [0.1, 0.15) is 37.6 Å². The van der Waals surface area contributed by atoms with E-state index in [4.69, 9.17) is 16.3 Å². The van der Waals surface area contributed by atoms with E-state index in [-0.39, 0.29) is 5.91 Å². The van der Waals surface area contributed by atoms with Crippen molar-refractivity contribution in [2.24, 2.45) is 0 Å². The first-order chi connectivity index (χ1) is 9.38. The number of carbonyl (C=O) groups is 1. The van der Waals surface area contributed by atoms with Crippen molar-refractivity contribution in [3.63, 3.8) is 0 Å². The molecule has 6 heteroatoms. The number of anilines is 1. The van der Waals surface area contributed by atoms with Crippen LogP contribution in [0.5, 0.6) is 0 Å². The van der Waals surface area contributed by atoms with Gasteiger partial charge in [0, 0.05) is 25.8 Å². The quantitative estimate of drug-likeness (QED) is 0.760. The van der Waals surface area contributed by atoms with Crippen molar-refractivity contribution in [1.82, 2.24) is 10.3 Å². The van der Waals surface area contributed by atoms with Crippen LogP contribution in [0.15, 0.2) is 12.1 Å². The van der Waals surface area contributed by atoms with Gasteiger partial charge in [-0.3, -0.25) is 4.79 Å². The minimum atomic E-state index is -0.407. The molecule has 0 fully saturated rings. The molecule has 0 aliphatic rings. The number of nitrogens with one attached hydrogen (secondary N) is 2. The Morgan fingerprint density at radius 2 is 2.15 bits per heavy atom. The van der Waals surface area contributed by atoms with Gasteiger partial charge in [0.25, 0.3) is 5.91 Å². The molecule has 20 heavy (non-hydrogen) atoms. The number of hydrogen-bond acceptors (Lipinski definition) is 4. The number of amides is 1. The summed E-state index contributed by atoms with van der Waals surface area (Å²) in [6.07, 6.45) is 0.970. The third-order valence-corrected chi connectivity index (χ3v) is 3.03. The van der Waals surface area contributed by atoms with Gasteiger partial charge in [-0.2, -0.15) is 0 Å². The van der Waals surface area contributed by atoms with Crippen molar-refractivity contribution in [1.29, 1.82) is 0 Å². The van der Waals surface area contributed by atoms with Crippen molar-refractivity contribution >= 4 is 23.3 Å². The van der Waals surface area contributed by atoms with Crippen LogP contribution in [-0.2, 0) is 4.74 Å². The lowest BCUT2D eigenvalue weighted by Gasteiger charge is -2.23. The molecule has 1 amide bonds. The maximum absolute atomic E-state index is 12.1. The van der Waals surface area contributed by atoms with Gasteiger partial charge in [0.05, 0.1) is 5.60 Å². The molecule has 5 nitrogen and oxygen atoms in total. The zero-order valence-corrected chi connectivity index (χ0v) is 13.2.